The highest BCUT2D eigenvalue weighted by molar-refractivity contribution is 6.34. The smallest absolute Gasteiger partial charge is 0.298 e. The summed E-state index contributed by atoms with van der Waals surface area (Å²) in [5.41, 5.74) is -0.291. The predicted molar refractivity (Wildman–Crippen MR) is 44.8 cm³/mol. The number of nitrogens with zero attached hydrogens (tertiary/aromatic N) is 1. The van der Waals surface area contributed by atoms with Gasteiger partial charge in [-0.05, 0) is 6.07 Å². The van der Waals surface area contributed by atoms with Crippen molar-refractivity contribution < 1.29 is 14.5 Å². The Morgan fingerprint density at radius 2 is 2.23 bits per heavy atom. The summed E-state index contributed by atoms with van der Waals surface area (Å²) in [6, 6.07) is 3.96. The van der Waals surface area contributed by atoms with Crippen LogP contribution in [0.15, 0.2) is 18.2 Å². The molecule has 0 aliphatic heterocycles. The number of carbonyl (C=O) groups is 1. The van der Waals surface area contributed by atoms with E-state index in [1.807, 2.05) is 0 Å². The van der Waals surface area contributed by atoms with Crippen molar-refractivity contribution in [2.75, 3.05) is 0 Å². The van der Waals surface area contributed by atoms with E-state index >= 15 is 0 Å². The standard InChI is InChI=1S/C7H4ClNO4/c8-7-5(9(11)12)2-1-3-6(7)13-4-10/h1-4H. The van der Waals surface area contributed by atoms with Crippen molar-refractivity contribution in [2.45, 2.75) is 0 Å². The molecule has 68 valence electrons. The Morgan fingerprint density at radius 1 is 1.54 bits per heavy atom. The molecule has 0 aliphatic rings. The molecule has 0 bridgehead atoms. The van der Waals surface area contributed by atoms with Crippen LogP contribution in [0.5, 0.6) is 5.75 Å². The summed E-state index contributed by atoms with van der Waals surface area (Å²) in [6.07, 6.45) is 0. The maximum absolute atomic E-state index is 10.4. The molecule has 1 rings (SSSR count). The van der Waals surface area contributed by atoms with Crippen LogP contribution < -0.4 is 4.74 Å². The minimum Gasteiger partial charge on any atom is -0.427 e. The van der Waals surface area contributed by atoms with Crippen LogP contribution in [-0.2, 0) is 4.79 Å². The van der Waals surface area contributed by atoms with E-state index in [0.29, 0.717) is 0 Å². The number of carbonyl (C=O) groups excluding carboxylic acids is 1. The molecule has 0 radical (unpaired) electrons. The summed E-state index contributed by atoms with van der Waals surface area (Å²) in [7, 11) is 0. The van der Waals surface area contributed by atoms with Crippen molar-refractivity contribution in [3.8, 4) is 5.75 Å². The lowest BCUT2D eigenvalue weighted by Gasteiger charge is -2.00. The molecule has 0 N–H and O–H groups in total. The van der Waals surface area contributed by atoms with Gasteiger partial charge in [-0.1, -0.05) is 17.7 Å². The van der Waals surface area contributed by atoms with Gasteiger partial charge in [0, 0.05) is 6.07 Å². The molecule has 0 unspecified atom stereocenters. The van der Waals surface area contributed by atoms with Crippen LogP contribution in [0.25, 0.3) is 0 Å². The van der Waals surface area contributed by atoms with Crippen LogP contribution in [-0.4, -0.2) is 11.4 Å². The largest absolute Gasteiger partial charge is 0.427 e. The van der Waals surface area contributed by atoms with E-state index in [4.69, 9.17) is 11.6 Å². The van der Waals surface area contributed by atoms with Crippen molar-refractivity contribution in [1.82, 2.24) is 0 Å². The van der Waals surface area contributed by atoms with Gasteiger partial charge >= 0.3 is 0 Å². The zero-order valence-electron chi connectivity index (χ0n) is 6.27. The van der Waals surface area contributed by atoms with Crippen molar-refractivity contribution in [3.63, 3.8) is 0 Å². The molecular weight excluding hydrogens is 198 g/mol. The van der Waals surface area contributed by atoms with Crippen LogP contribution in [0.2, 0.25) is 5.02 Å². The lowest BCUT2D eigenvalue weighted by atomic mass is 10.3. The number of hydrogen-bond acceptors (Lipinski definition) is 4. The highest BCUT2D eigenvalue weighted by Gasteiger charge is 2.15. The maximum Gasteiger partial charge on any atom is 0.298 e. The molecule has 0 saturated heterocycles. The number of halogens is 1. The SMILES string of the molecule is O=COc1cccc([N+](=O)[O-])c1Cl. The van der Waals surface area contributed by atoms with Gasteiger partial charge in [0.25, 0.3) is 12.2 Å². The van der Waals surface area contributed by atoms with Crippen molar-refractivity contribution >= 4 is 23.8 Å². The topological polar surface area (TPSA) is 69.4 Å². The summed E-state index contributed by atoms with van der Waals surface area (Å²) in [4.78, 5) is 19.7. The Labute approximate surface area is 78.0 Å². The van der Waals surface area contributed by atoms with E-state index in [9.17, 15) is 14.9 Å². The molecule has 0 aliphatic carbocycles. The number of hydrogen-bond donors (Lipinski definition) is 0. The highest BCUT2D eigenvalue weighted by atomic mass is 35.5. The van der Waals surface area contributed by atoms with Crippen LogP contribution in [0.3, 0.4) is 0 Å². The van der Waals surface area contributed by atoms with E-state index in [2.05, 4.69) is 4.74 Å². The van der Waals surface area contributed by atoms with Crippen molar-refractivity contribution in [2.24, 2.45) is 0 Å². The second-order valence-corrected chi connectivity index (χ2v) is 2.44. The fourth-order valence-corrected chi connectivity index (χ4v) is 1.02. The van der Waals surface area contributed by atoms with Crippen molar-refractivity contribution in [1.29, 1.82) is 0 Å². The molecule has 1 aromatic rings. The Kier molecular flexibility index (Phi) is 2.81. The summed E-state index contributed by atoms with van der Waals surface area (Å²) < 4.78 is 4.41. The molecular formula is C7H4ClNO4. The predicted octanol–water partition coefficient (Wildman–Crippen LogP) is 1.78. The third-order valence-corrected chi connectivity index (χ3v) is 1.69. The fraction of sp³-hybridized carbons (Fsp3) is 0. The molecule has 0 heterocycles. The van der Waals surface area contributed by atoms with Gasteiger partial charge in [-0.15, -0.1) is 0 Å². The van der Waals surface area contributed by atoms with Gasteiger partial charge in [0.1, 0.15) is 0 Å². The Bertz CT molecular complexity index is 352. The first-order chi connectivity index (χ1) is 6.16. The van der Waals surface area contributed by atoms with Gasteiger partial charge in [-0.25, -0.2) is 0 Å². The average Bonchev–Trinajstić information content (AvgIpc) is 2.08. The van der Waals surface area contributed by atoms with Gasteiger partial charge in [-0.2, -0.15) is 0 Å². The zero-order chi connectivity index (χ0) is 9.84. The summed E-state index contributed by atoms with van der Waals surface area (Å²) in [5.74, 6) is -0.0223. The molecule has 0 atom stereocenters. The Hall–Kier alpha value is -1.62. The molecule has 0 aromatic heterocycles. The summed E-state index contributed by atoms with van der Waals surface area (Å²) in [5, 5.41) is 10.2. The highest BCUT2D eigenvalue weighted by Crippen LogP contribution is 2.32. The third-order valence-electron chi connectivity index (χ3n) is 1.31. The minimum atomic E-state index is -0.653. The number of nitro benzene ring substituents is 1. The molecule has 5 nitrogen and oxygen atoms in total. The average molecular weight is 202 g/mol. The summed E-state index contributed by atoms with van der Waals surface area (Å²) >= 11 is 5.56. The zero-order valence-corrected chi connectivity index (χ0v) is 7.02. The molecule has 13 heavy (non-hydrogen) atoms. The maximum atomic E-state index is 10.4. The van der Waals surface area contributed by atoms with Gasteiger partial charge in [0.2, 0.25) is 0 Å². The minimum absolute atomic E-state index is 0.0223. The van der Waals surface area contributed by atoms with Crippen LogP contribution in [0, 0.1) is 10.1 Å². The molecule has 1 aromatic carbocycles. The van der Waals surface area contributed by atoms with Crippen LogP contribution >= 0.6 is 11.6 Å². The number of rotatable bonds is 3. The van der Waals surface area contributed by atoms with E-state index < -0.39 is 4.92 Å². The number of nitro groups is 1. The van der Waals surface area contributed by atoms with E-state index in [1.165, 1.54) is 18.2 Å². The first kappa shape index (κ1) is 9.47. The lowest BCUT2D eigenvalue weighted by Crippen LogP contribution is -1.93. The number of ether oxygens (including phenoxy) is 1. The molecule has 0 fully saturated rings. The van der Waals surface area contributed by atoms with Gasteiger partial charge < -0.3 is 4.74 Å². The second kappa shape index (κ2) is 3.86. The molecule has 0 spiro atoms. The van der Waals surface area contributed by atoms with Gasteiger partial charge in [0.15, 0.2) is 10.8 Å². The summed E-state index contributed by atoms with van der Waals surface area (Å²) in [6.45, 7) is 0.158. The Morgan fingerprint density at radius 3 is 2.77 bits per heavy atom. The van der Waals surface area contributed by atoms with Gasteiger partial charge in [0.05, 0.1) is 4.92 Å². The van der Waals surface area contributed by atoms with Crippen LogP contribution in [0.4, 0.5) is 5.69 Å². The number of benzene rings is 1. The second-order valence-electron chi connectivity index (χ2n) is 2.06. The fourth-order valence-electron chi connectivity index (χ4n) is 0.783. The van der Waals surface area contributed by atoms with E-state index in [1.54, 1.807) is 0 Å². The molecule has 0 amide bonds. The van der Waals surface area contributed by atoms with E-state index in [0.717, 1.165) is 0 Å². The van der Waals surface area contributed by atoms with E-state index in [-0.39, 0.29) is 22.9 Å². The first-order valence-electron chi connectivity index (χ1n) is 3.20. The normalized spacial score (nSPS) is 9.31. The molecule has 0 saturated carbocycles. The quantitative estimate of drug-likeness (QED) is 0.425. The van der Waals surface area contributed by atoms with Gasteiger partial charge in [-0.3, -0.25) is 14.9 Å². The monoisotopic (exact) mass is 201 g/mol. The van der Waals surface area contributed by atoms with Crippen molar-refractivity contribution in [3.05, 3.63) is 33.3 Å². The lowest BCUT2D eigenvalue weighted by molar-refractivity contribution is -0.384. The third kappa shape index (κ3) is 1.94. The Balaban J connectivity index is 3.17. The first-order valence-corrected chi connectivity index (χ1v) is 3.58. The molecule has 6 heteroatoms. The van der Waals surface area contributed by atoms with Crippen LogP contribution in [0.1, 0.15) is 0 Å².